The molecular weight excluding hydrogens is 224 g/mol. The fraction of sp³-hybridized carbons (Fsp3) is 0.571. The summed E-state index contributed by atoms with van der Waals surface area (Å²) in [5, 5.41) is 3.52. The van der Waals surface area contributed by atoms with Crippen LogP contribution in [0.25, 0.3) is 0 Å². The van der Waals surface area contributed by atoms with Crippen LogP contribution in [-0.4, -0.2) is 19.1 Å². The number of benzene rings is 1. The Hall–Kier alpha value is -0.940. The highest BCUT2D eigenvalue weighted by Crippen LogP contribution is 2.17. The third-order valence-electron chi connectivity index (χ3n) is 3.31. The van der Waals surface area contributed by atoms with Crippen LogP contribution in [0.4, 0.5) is 0 Å². The number of hydrogen-bond donors (Lipinski definition) is 4. The van der Waals surface area contributed by atoms with E-state index in [9.17, 15) is 0 Å². The molecule has 0 aliphatic carbocycles. The van der Waals surface area contributed by atoms with Gasteiger partial charge < -0.3 is 5.32 Å². The number of nitrogens with one attached hydrogen (secondary N) is 4. The second kappa shape index (κ2) is 6.85. The maximum Gasteiger partial charge on any atom is 0.0655 e. The number of rotatable bonds is 6. The fourth-order valence-corrected chi connectivity index (χ4v) is 2.19. The van der Waals surface area contributed by atoms with E-state index in [-0.39, 0.29) is 0 Å². The zero-order valence-corrected chi connectivity index (χ0v) is 11.2. The molecule has 100 valence electrons. The van der Waals surface area contributed by atoms with Crippen molar-refractivity contribution in [2.24, 2.45) is 5.92 Å². The molecule has 18 heavy (non-hydrogen) atoms. The zero-order chi connectivity index (χ0) is 12.8. The van der Waals surface area contributed by atoms with Gasteiger partial charge >= 0.3 is 0 Å². The molecule has 4 nitrogen and oxygen atoms in total. The van der Waals surface area contributed by atoms with Crippen molar-refractivity contribution in [3.05, 3.63) is 35.9 Å². The molecule has 1 aliphatic rings. The summed E-state index contributed by atoms with van der Waals surface area (Å²) in [5.41, 5.74) is 10.9. The molecule has 1 saturated heterocycles. The standard InChI is InChI=1S/C14H24N4/c1-11(2)8-9-15-10-13-14(17-18-16-13)12-6-4-3-5-7-12/h3-7,11,13-18H,8-10H2,1-2H3. The van der Waals surface area contributed by atoms with Crippen LogP contribution in [0.2, 0.25) is 0 Å². The van der Waals surface area contributed by atoms with Crippen molar-refractivity contribution in [3.8, 4) is 0 Å². The quantitative estimate of drug-likeness (QED) is 0.574. The van der Waals surface area contributed by atoms with E-state index >= 15 is 0 Å². The average molecular weight is 248 g/mol. The van der Waals surface area contributed by atoms with Crippen molar-refractivity contribution in [3.63, 3.8) is 0 Å². The van der Waals surface area contributed by atoms with Gasteiger partial charge in [-0.05, 0) is 24.4 Å². The van der Waals surface area contributed by atoms with Gasteiger partial charge in [-0.2, -0.15) is 5.53 Å². The largest absolute Gasteiger partial charge is 0.315 e. The average Bonchev–Trinajstić information content (AvgIpc) is 2.84. The van der Waals surface area contributed by atoms with Gasteiger partial charge in [0.15, 0.2) is 0 Å². The van der Waals surface area contributed by atoms with Gasteiger partial charge in [0.25, 0.3) is 0 Å². The highest BCUT2D eigenvalue weighted by atomic mass is 15.7. The van der Waals surface area contributed by atoms with Crippen LogP contribution in [0.15, 0.2) is 30.3 Å². The second-order valence-electron chi connectivity index (χ2n) is 5.30. The van der Waals surface area contributed by atoms with Crippen molar-refractivity contribution in [1.82, 2.24) is 21.7 Å². The summed E-state index contributed by atoms with van der Waals surface area (Å²) < 4.78 is 0. The van der Waals surface area contributed by atoms with Crippen molar-refractivity contribution < 1.29 is 0 Å². The second-order valence-corrected chi connectivity index (χ2v) is 5.30. The molecule has 1 fully saturated rings. The minimum atomic E-state index is 0.317. The summed E-state index contributed by atoms with van der Waals surface area (Å²) >= 11 is 0. The Morgan fingerprint density at radius 2 is 1.94 bits per heavy atom. The highest BCUT2D eigenvalue weighted by molar-refractivity contribution is 5.21. The molecule has 2 atom stereocenters. The maximum absolute atomic E-state index is 3.52. The molecule has 0 aromatic heterocycles. The molecule has 0 radical (unpaired) electrons. The Morgan fingerprint density at radius 1 is 1.17 bits per heavy atom. The van der Waals surface area contributed by atoms with Gasteiger partial charge in [0.1, 0.15) is 0 Å². The first kappa shape index (κ1) is 13.5. The molecule has 0 spiro atoms. The molecule has 0 bridgehead atoms. The minimum Gasteiger partial charge on any atom is -0.315 e. The van der Waals surface area contributed by atoms with Crippen LogP contribution in [-0.2, 0) is 0 Å². The Bertz CT molecular complexity index is 339. The molecule has 2 rings (SSSR count). The summed E-state index contributed by atoms with van der Waals surface area (Å²) in [6, 6.07) is 11.2. The Morgan fingerprint density at radius 3 is 2.67 bits per heavy atom. The van der Waals surface area contributed by atoms with Crippen molar-refractivity contribution in [1.29, 1.82) is 0 Å². The van der Waals surface area contributed by atoms with Gasteiger partial charge in [-0.15, -0.1) is 0 Å². The van der Waals surface area contributed by atoms with Gasteiger partial charge in [-0.25, -0.2) is 10.9 Å². The van der Waals surface area contributed by atoms with E-state index < -0.39 is 0 Å². The smallest absolute Gasteiger partial charge is 0.0655 e. The molecule has 1 aromatic carbocycles. The fourth-order valence-electron chi connectivity index (χ4n) is 2.19. The van der Waals surface area contributed by atoms with Crippen LogP contribution in [0.1, 0.15) is 31.9 Å². The number of hydrazine groups is 2. The molecule has 0 saturated carbocycles. The molecule has 1 aliphatic heterocycles. The van der Waals surface area contributed by atoms with Gasteiger partial charge in [-0.1, -0.05) is 44.2 Å². The molecule has 1 aromatic rings. The van der Waals surface area contributed by atoms with Crippen molar-refractivity contribution in [2.45, 2.75) is 32.4 Å². The van der Waals surface area contributed by atoms with E-state index in [4.69, 9.17) is 0 Å². The third kappa shape index (κ3) is 3.78. The van der Waals surface area contributed by atoms with E-state index in [1.165, 1.54) is 12.0 Å². The van der Waals surface area contributed by atoms with Gasteiger partial charge in [0.2, 0.25) is 0 Å². The van der Waals surface area contributed by atoms with Gasteiger partial charge in [0.05, 0.1) is 12.1 Å². The van der Waals surface area contributed by atoms with E-state index in [2.05, 4.69) is 65.9 Å². The lowest BCUT2D eigenvalue weighted by atomic mass is 10.0. The van der Waals surface area contributed by atoms with Crippen LogP contribution < -0.4 is 21.7 Å². The Kier molecular flexibility index (Phi) is 5.13. The zero-order valence-electron chi connectivity index (χ0n) is 11.2. The summed E-state index contributed by atoms with van der Waals surface area (Å²) in [7, 11) is 0. The summed E-state index contributed by atoms with van der Waals surface area (Å²) in [6.07, 6.45) is 1.23. The molecule has 1 heterocycles. The first-order valence-corrected chi connectivity index (χ1v) is 6.79. The first-order valence-electron chi connectivity index (χ1n) is 6.79. The molecule has 0 amide bonds. The number of hydrogen-bond acceptors (Lipinski definition) is 4. The van der Waals surface area contributed by atoms with E-state index in [1.54, 1.807) is 0 Å². The van der Waals surface area contributed by atoms with Crippen LogP contribution in [0, 0.1) is 5.92 Å². The monoisotopic (exact) mass is 248 g/mol. The van der Waals surface area contributed by atoms with Crippen molar-refractivity contribution >= 4 is 0 Å². The highest BCUT2D eigenvalue weighted by Gasteiger charge is 2.27. The Labute approximate surface area is 109 Å². The summed E-state index contributed by atoms with van der Waals surface area (Å²) in [4.78, 5) is 0. The van der Waals surface area contributed by atoms with E-state index in [0.717, 1.165) is 19.0 Å². The first-order chi connectivity index (χ1) is 8.77. The van der Waals surface area contributed by atoms with Gasteiger partial charge in [0, 0.05) is 6.54 Å². The lowest BCUT2D eigenvalue weighted by Gasteiger charge is -2.19. The summed E-state index contributed by atoms with van der Waals surface area (Å²) in [6.45, 7) is 6.56. The van der Waals surface area contributed by atoms with E-state index in [1.807, 2.05) is 0 Å². The lowest BCUT2D eigenvalue weighted by molar-refractivity contribution is 0.460. The third-order valence-corrected chi connectivity index (χ3v) is 3.31. The van der Waals surface area contributed by atoms with Crippen LogP contribution in [0.3, 0.4) is 0 Å². The summed E-state index contributed by atoms with van der Waals surface area (Å²) in [5.74, 6) is 0.759. The predicted molar refractivity (Wildman–Crippen MR) is 74.7 cm³/mol. The topological polar surface area (TPSA) is 48.1 Å². The molecule has 2 unspecified atom stereocenters. The normalized spacial score (nSPS) is 23.7. The van der Waals surface area contributed by atoms with Crippen LogP contribution >= 0.6 is 0 Å². The Balaban J connectivity index is 1.81. The predicted octanol–water partition coefficient (Wildman–Crippen LogP) is 1.34. The maximum atomic E-state index is 3.52. The molecule has 4 heteroatoms. The van der Waals surface area contributed by atoms with Crippen LogP contribution in [0.5, 0.6) is 0 Å². The minimum absolute atomic E-state index is 0.317. The molecular formula is C14H24N4. The van der Waals surface area contributed by atoms with Crippen molar-refractivity contribution in [2.75, 3.05) is 13.1 Å². The van der Waals surface area contributed by atoms with E-state index in [0.29, 0.717) is 12.1 Å². The lowest BCUT2D eigenvalue weighted by Crippen LogP contribution is -2.40. The molecule has 4 N–H and O–H groups in total. The van der Waals surface area contributed by atoms with Gasteiger partial charge in [-0.3, -0.25) is 0 Å². The SMILES string of the molecule is CC(C)CCNCC1NNNC1c1ccccc1.